The Balaban J connectivity index is 1.60. The number of benzene rings is 2. The van der Waals surface area contributed by atoms with Crippen molar-refractivity contribution in [1.29, 1.82) is 0 Å². The molecule has 0 unspecified atom stereocenters. The third-order valence-electron chi connectivity index (χ3n) is 4.42. The van der Waals surface area contributed by atoms with E-state index in [1.165, 1.54) is 23.5 Å². The maximum Gasteiger partial charge on any atom is 0.256 e. The van der Waals surface area contributed by atoms with Crippen molar-refractivity contribution in [1.82, 2.24) is 5.32 Å². The van der Waals surface area contributed by atoms with E-state index in [2.05, 4.69) is 15.8 Å². The van der Waals surface area contributed by atoms with Crippen LogP contribution in [0.25, 0.3) is 5.57 Å². The van der Waals surface area contributed by atoms with E-state index < -0.39 is 0 Å². The predicted octanol–water partition coefficient (Wildman–Crippen LogP) is 4.91. The number of amides is 1. The summed E-state index contributed by atoms with van der Waals surface area (Å²) in [6, 6.07) is 16.9. The van der Waals surface area contributed by atoms with Gasteiger partial charge in [-0.05, 0) is 41.8 Å². The maximum absolute atomic E-state index is 13.1. The molecule has 1 aromatic heterocycles. The van der Waals surface area contributed by atoms with Crippen LogP contribution in [-0.2, 0) is 9.53 Å². The van der Waals surface area contributed by atoms with E-state index in [1.807, 2.05) is 35.7 Å². The number of carbonyl (C=O) groups is 1. The van der Waals surface area contributed by atoms with Crippen LogP contribution in [0, 0.1) is 5.82 Å². The van der Waals surface area contributed by atoms with Crippen molar-refractivity contribution in [3.05, 3.63) is 93.1 Å². The van der Waals surface area contributed by atoms with Gasteiger partial charge in [0.15, 0.2) is 0 Å². The number of thiophene rings is 1. The SMILES string of the molecule is O=C1NCC(OCC(=NNc2ccc(F)cc2)c2ccccc2Cl)=C1c1cccs1. The van der Waals surface area contributed by atoms with Gasteiger partial charge < -0.3 is 10.1 Å². The van der Waals surface area contributed by atoms with Gasteiger partial charge in [0.25, 0.3) is 5.91 Å². The third-order valence-corrected chi connectivity index (χ3v) is 5.63. The monoisotopic (exact) mass is 441 g/mol. The Labute approximate surface area is 181 Å². The predicted molar refractivity (Wildman–Crippen MR) is 118 cm³/mol. The highest BCUT2D eigenvalue weighted by atomic mass is 35.5. The molecular formula is C22H17ClFN3O2S. The summed E-state index contributed by atoms with van der Waals surface area (Å²) in [5.74, 6) is 0.0720. The summed E-state index contributed by atoms with van der Waals surface area (Å²) >= 11 is 7.84. The number of rotatable bonds is 7. The van der Waals surface area contributed by atoms with Crippen molar-refractivity contribution in [3.63, 3.8) is 0 Å². The highest BCUT2D eigenvalue weighted by Gasteiger charge is 2.26. The summed E-state index contributed by atoms with van der Waals surface area (Å²) in [7, 11) is 0. The first kappa shape index (κ1) is 20.1. The minimum absolute atomic E-state index is 0.0943. The van der Waals surface area contributed by atoms with E-state index in [0.717, 1.165) is 4.88 Å². The van der Waals surface area contributed by atoms with Gasteiger partial charge in [0.1, 0.15) is 23.9 Å². The number of ether oxygens (including phenoxy) is 1. The molecule has 152 valence electrons. The Bertz CT molecular complexity index is 1110. The molecule has 3 aromatic rings. The average Bonchev–Trinajstić information content (AvgIpc) is 3.39. The van der Waals surface area contributed by atoms with Gasteiger partial charge >= 0.3 is 0 Å². The second-order valence-corrected chi connectivity index (χ2v) is 7.76. The van der Waals surface area contributed by atoms with Gasteiger partial charge in [0.2, 0.25) is 0 Å². The molecule has 0 bridgehead atoms. The normalized spacial score (nSPS) is 14.1. The second kappa shape index (κ2) is 9.11. The molecule has 0 saturated carbocycles. The molecule has 2 heterocycles. The van der Waals surface area contributed by atoms with Gasteiger partial charge in [0.05, 0.1) is 17.8 Å². The molecule has 0 radical (unpaired) electrons. The summed E-state index contributed by atoms with van der Waals surface area (Å²) in [5, 5.41) is 9.66. The minimum Gasteiger partial charge on any atom is -0.489 e. The minimum atomic E-state index is -0.328. The number of carbonyl (C=O) groups excluding carboxylic acids is 1. The molecule has 0 saturated heterocycles. The van der Waals surface area contributed by atoms with Crippen molar-refractivity contribution < 1.29 is 13.9 Å². The van der Waals surface area contributed by atoms with E-state index >= 15 is 0 Å². The molecule has 4 rings (SSSR count). The van der Waals surface area contributed by atoms with Crippen LogP contribution in [0.1, 0.15) is 10.4 Å². The average molecular weight is 442 g/mol. The molecule has 2 N–H and O–H groups in total. The quantitative estimate of drug-likeness (QED) is 0.404. The zero-order valence-electron chi connectivity index (χ0n) is 15.7. The lowest BCUT2D eigenvalue weighted by atomic mass is 10.1. The van der Waals surface area contributed by atoms with Gasteiger partial charge in [0, 0.05) is 15.5 Å². The summed E-state index contributed by atoms with van der Waals surface area (Å²) < 4.78 is 19.1. The Hall–Kier alpha value is -3.16. The van der Waals surface area contributed by atoms with Crippen molar-refractivity contribution in [2.75, 3.05) is 18.6 Å². The number of hydrazone groups is 1. The molecule has 1 aliphatic heterocycles. The number of nitrogens with zero attached hydrogens (tertiary/aromatic N) is 1. The molecule has 1 amide bonds. The molecule has 0 aliphatic carbocycles. The first-order valence-electron chi connectivity index (χ1n) is 9.13. The smallest absolute Gasteiger partial charge is 0.256 e. The van der Waals surface area contributed by atoms with Crippen molar-refractivity contribution in [3.8, 4) is 0 Å². The van der Waals surface area contributed by atoms with Crippen molar-refractivity contribution in [2.45, 2.75) is 0 Å². The third kappa shape index (κ3) is 4.53. The van der Waals surface area contributed by atoms with Crippen LogP contribution in [-0.4, -0.2) is 24.8 Å². The summed E-state index contributed by atoms with van der Waals surface area (Å²) in [6.07, 6.45) is 0. The molecule has 0 spiro atoms. The Morgan fingerprint density at radius 1 is 1.17 bits per heavy atom. The molecule has 2 aromatic carbocycles. The number of anilines is 1. The van der Waals surface area contributed by atoms with Gasteiger partial charge in [-0.25, -0.2) is 4.39 Å². The number of hydrogen-bond donors (Lipinski definition) is 2. The fourth-order valence-corrected chi connectivity index (χ4v) is 3.96. The Kier molecular flexibility index (Phi) is 6.11. The van der Waals surface area contributed by atoms with Gasteiger partial charge in [-0.1, -0.05) is 35.9 Å². The first-order valence-corrected chi connectivity index (χ1v) is 10.4. The fourth-order valence-electron chi connectivity index (χ4n) is 2.93. The summed E-state index contributed by atoms with van der Waals surface area (Å²) in [4.78, 5) is 13.1. The van der Waals surface area contributed by atoms with E-state index in [0.29, 0.717) is 39.9 Å². The zero-order valence-corrected chi connectivity index (χ0v) is 17.3. The van der Waals surface area contributed by atoms with Crippen LogP contribution in [0.3, 0.4) is 0 Å². The highest BCUT2D eigenvalue weighted by molar-refractivity contribution is 7.11. The van der Waals surface area contributed by atoms with Gasteiger partial charge in [-0.15, -0.1) is 11.3 Å². The standard InChI is InChI=1S/C22H17ClFN3O2S/c23-17-5-2-1-4-16(17)18(27-26-15-9-7-14(24)8-10-15)13-29-19-12-25-22(28)21(19)20-6-3-11-30-20/h1-11,26H,12-13H2,(H,25,28). The van der Waals surface area contributed by atoms with Gasteiger partial charge in [-0.3, -0.25) is 10.2 Å². The lowest BCUT2D eigenvalue weighted by molar-refractivity contribution is -0.114. The Morgan fingerprint density at radius 3 is 2.70 bits per heavy atom. The molecule has 5 nitrogen and oxygen atoms in total. The van der Waals surface area contributed by atoms with Crippen LogP contribution in [0.5, 0.6) is 0 Å². The molecule has 0 atom stereocenters. The first-order chi connectivity index (χ1) is 14.6. The van der Waals surface area contributed by atoms with Crippen molar-refractivity contribution in [2.24, 2.45) is 5.10 Å². The largest absolute Gasteiger partial charge is 0.489 e. The Morgan fingerprint density at radius 2 is 1.97 bits per heavy atom. The molecule has 8 heteroatoms. The molecule has 0 fully saturated rings. The maximum atomic E-state index is 13.1. The van der Waals surface area contributed by atoms with Crippen LogP contribution in [0.15, 0.2) is 76.9 Å². The fraction of sp³-hybridized carbons (Fsp3) is 0.0909. The van der Waals surface area contributed by atoms with Crippen molar-refractivity contribution >= 4 is 45.8 Å². The van der Waals surface area contributed by atoms with E-state index in [9.17, 15) is 9.18 Å². The molecular weight excluding hydrogens is 425 g/mol. The van der Waals surface area contributed by atoms with Gasteiger partial charge in [-0.2, -0.15) is 5.10 Å². The number of hydrogen-bond acceptors (Lipinski definition) is 5. The lowest BCUT2D eigenvalue weighted by Crippen LogP contribution is -2.18. The van der Waals surface area contributed by atoms with E-state index in [1.54, 1.807) is 18.2 Å². The van der Waals surface area contributed by atoms with Crippen LogP contribution >= 0.6 is 22.9 Å². The van der Waals surface area contributed by atoms with Crippen LogP contribution < -0.4 is 10.7 Å². The molecule has 1 aliphatic rings. The number of nitrogens with one attached hydrogen (secondary N) is 2. The summed E-state index contributed by atoms with van der Waals surface area (Å²) in [5.41, 5.74) is 5.31. The van der Waals surface area contributed by atoms with Crippen LogP contribution in [0.2, 0.25) is 5.02 Å². The second-order valence-electron chi connectivity index (χ2n) is 6.40. The lowest BCUT2D eigenvalue weighted by Gasteiger charge is -2.12. The summed E-state index contributed by atoms with van der Waals surface area (Å²) in [6.45, 7) is 0.407. The van der Waals surface area contributed by atoms with E-state index in [-0.39, 0.29) is 18.3 Å². The van der Waals surface area contributed by atoms with Crippen LogP contribution in [0.4, 0.5) is 10.1 Å². The topological polar surface area (TPSA) is 62.7 Å². The highest BCUT2D eigenvalue weighted by Crippen LogP contribution is 2.28. The molecule has 30 heavy (non-hydrogen) atoms. The van der Waals surface area contributed by atoms with E-state index in [4.69, 9.17) is 16.3 Å². The number of halogens is 2. The zero-order chi connectivity index (χ0) is 20.9.